The van der Waals surface area contributed by atoms with Crippen molar-refractivity contribution in [3.8, 4) is 0 Å². The Labute approximate surface area is 237 Å². The van der Waals surface area contributed by atoms with Gasteiger partial charge in [-0.25, -0.2) is 0 Å². The predicted octanol–water partition coefficient (Wildman–Crippen LogP) is 9.31. The van der Waals surface area contributed by atoms with E-state index in [1.54, 1.807) is 0 Å². The summed E-state index contributed by atoms with van der Waals surface area (Å²) in [6, 6.07) is 27.7. The molecule has 3 heteroatoms. The topological polar surface area (TPSA) is 55.1 Å². The fraction of sp³-hybridized carbons (Fsp3) is 0.270. The van der Waals surface area contributed by atoms with Gasteiger partial charge in [0.05, 0.1) is 5.56 Å². The molecule has 1 aliphatic carbocycles. The average molecular weight is 527 g/mol. The van der Waals surface area contributed by atoms with Gasteiger partial charge in [-0.1, -0.05) is 92.1 Å². The lowest BCUT2D eigenvalue weighted by molar-refractivity contribution is 0.102. The number of carbonyl (C=O) groups excluding carboxylic acids is 1. The number of nitrogens with one attached hydrogen (secondary N) is 1. The standard InChI is InChI=1S/C37H38N2O/c1-23-18-29(19-24(2)34(23)38)37(16-10-5-11-17-37)30-20-25(3)35(26(4)21-30)39-36(40)33-31-14-8-6-12-27(31)22-28-13-7-9-15-32(28)33/h6-9,12-15,18-22H,5,10-11,16-17,38H2,1-4H3,(H,39,40). The first-order valence-corrected chi connectivity index (χ1v) is 14.5. The van der Waals surface area contributed by atoms with E-state index in [0.717, 1.165) is 73.6 Å². The number of fused-ring (bicyclic) bond motifs is 2. The van der Waals surface area contributed by atoms with Crippen molar-refractivity contribution in [2.45, 2.75) is 65.2 Å². The summed E-state index contributed by atoms with van der Waals surface area (Å²) in [4.78, 5) is 14.0. The van der Waals surface area contributed by atoms with E-state index in [2.05, 4.69) is 75.5 Å². The van der Waals surface area contributed by atoms with Crippen LogP contribution in [0.4, 0.5) is 11.4 Å². The van der Waals surface area contributed by atoms with Crippen molar-refractivity contribution < 1.29 is 4.79 Å². The van der Waals surface area contributed by atoms with E-state index in [0.29, 0.717) is 0 Å². The molecule has 0 aliphatic heterocycles. The molecule has 1 aliphatic rings. The van der Waals surface area contributed by atoms with Gasteiger partial charge in [-0.2, -0.15) is 0 Å². The molecule has 0 spiro atoms. The Morgan fingerprint density at radius 3 is 1.68 bits per heavy atom. The summed E-state index contributed by atoms with van der Waals surface area (Å²) >= 11 is 0. The SMILES string of the molecule is Cc1cc(C2(c3cc(C)c(NC(=O)c4c5ccccc5cc5ccccc45)c(C)c3)CCCCC2)cc(C)c1N. The Bertz CT molecular complexity index is 1670. The number of nitrogen functional groups attached to an aromatic ring is 1. The van der Waals surface area contributed by atoms with Crippen LogP contribution in [-0.2, 0) is 5.41 Å². The molecule has 0 bridgehead atoms. The van der Waals surface area contributed by atoms with Crippen molar-refractivity contribution in [3.05, 3.63) is 118 Å². The number of hydrogen-bond donors (Lipinski definition) is 2. The van der Waals surface area contributed by atoms with Crippen LogP contribution in [0.15, 0.2) is 78.9 Å². The van der Waals surface area contributed by atoms with Crippen molar-refractivity contribution in [1.29, 1.82) is 0 Å². The van der Waals surface area contributed by atoms with E-state index in [1.807, 2.05) is 36.4 Å². The molecule has 5 aromatic carbocycles. The fourth-order valence-corrected chi connectivity index (χ4v) is 7.02. The Morgan fingerprint density at radius 2 is 1.15 bits per heavy atom. The van der Waals surface area contributed by atoms with Crippen LogP contribution < -0.4 is 11.1 Å². The van der Waals surface area contributed by atoms with Crippen LogP contribution in [0.3, 0.4) is 0 Å². The van der Waals surface area contributed by atoms with Gasteiger partial charge in [0.1, 0.15) is 0 Å². The molecule has 0 saturated heterocycles. The van der Waals surface area contributed by atoms with E-state index in [-0.39, 0.29) is 11.3 Å². The third-order valence-corrected chi connectivity index (χ3v) is 9.18. The van der Waals surface area contributed by atoms with Gasteiger partial charge < -0.3 is 11.1 Å². The van der Waals surface area contributed by atoms with Crippen LogP contribution in [0, 0.1) is 27.7 Å². The molecule has 0 heterocycles. The zero-order valence-corrected chi connectivity index (χ0v) is 24.0. The number of hydrogen-bond acceptors (Lipinski definition) is 2. The second-order valence-corrected chi connectivity index (χ2v) is 11.8. The van der Waals surface area contributed by atoms with Crippen molar-refractivity contribution in [3.63, 3.8) is 0 Å². The van der Waals surface area contributed by atoms with E-state index in [9.17, 15) is 4.79 Å². The largest absolute Gasteiger partial charge is 0.398 e. The highest BCUT2D eigenvalue weighted by molar-refractivity contribution is 6.22. The van der Waals surface area contributed by atoms with Crippen LogP contribution in [0.25, 0.3) is 21.5 Å². The van der Waals surface area contributed by atoms with Crippen molar-refractivity contribution in [2.24, 2.45) is 0 Å². The summed E-state index contributed by atoms with van der Waals surface area (Å²) in [5, 5.41) is 7.42. The summed E-state index contributed by atoms with van der Waals surface area (Å²) in [6.45, 7) is 8.50. The second kappa shape index (κ2) is 10.1. The molecule has 5 aromatic rings. The molecule has 1 amide bonds. The van der Waals surface area contributed by atoms with E-state index in [4.69, 9.17) is 5.73 Å². The van der Waals surface area contributed by atoms with E-state index < -0.39 is 0 Å². The van der Waals surface area contributed by atoms with Gasteiger partial charge in [-0.15, -0.1) is 0 Å². The Kier molecular flexibility index (Phi) is 6.62. The molecule has 0 atom stereocenters. The quantitative estimate of drug-likeness (QED) is 0.181. The molecule has 6 rings (SSSR count). The number of benzene rings is 5. The molecule has 1 saturated carbocycles. The van der Waals surface area contributed by atoms with Crippen molar-refractivity contribution >= 4 is 38.8 Å². The zero-order chi connectivity index (χ0) is 28.0. The molecule has 0 aromatic heterocycles. The van der Waals surface area contributed by atoms with E-state index in [1.165, 1.54) is 30.4 Å². The highest BCUT2D eigenvalue weighted by Crippen LogP contribution is 2.47. The normalized spacial score (nSPS) is 14.9. The third-order valence-electron chi connectivity index (χ3n) is 9.18. The minimum absolute atomic E-state index is 0.0363. The average Bonchev–Trinajstić information content (AvgIpc) is 2.96. The third kappa shape index (κ3) is 4.34. The highest BCUT2D eigenvalue weighted by atomic mass is 16.1. The van der Waals surface area contributed by atoms with Gasteiger partial charge >= 0.3 is 0 Å². The maximum Gasteiger partial charge on any atom is 0.256 e. The second-order valence-electron chi connectivity index (χ2n) is 11.8. The summed E-state index contributed by atoms with van der Waals surface area (Å²) in [5.41, 5.74) is 16.1. The summed E-state index contributed by atoms with van der Waals surface area (Å²) in [6.07, 6.45) is 5.96. The van der Waals surface area contributed by atoms with Gasteiger partial charge in [0.15, 0.2) is 0 Å². The summed E-state index contributed by atoms with van der Waals surface area (Å²) in [5.74, 6) is -0.0656. The maximum atomic E-state index is 14.0. The number of carbonyl (C=O) groups is 1. The molecule has 202 valence electrons. The molecular formula is C37H38N2O. The van der Waals surface area contributed by atoms with Crippen LogP contribution in [0.2, 0.25) is 0 Å². The van der Waals surface area contributed by atoms with Crippen LogP contribution in [0.1, 0.15) is 75.8 Å². The Balaban J connectivity index is 1.43. The van der Waals surface area contributed by atoms with Crippen LogP contribution >= 0.6 is 0 Å². The zero-order valence-electron chi connectivity index (χ0n) is 24.0. The monoisotopic (exact) mass is 526 g/mol. The number of aryl methyl sites for hydroxylation is 4. The van der Waals surface area contributed by atoms with Gasteiger partial charge in [-0.05, 0) is 102 Å². The smallest absolute Gasteiger partial charge is 0.256 e. The van der Waals surface area contributed by atoms with Gasteiger partial charge in [0, 0.05) is 16.8 Å². The molecule has 0 radical (unpaired) electrons. The highest BCUT2D eigenvalue weighted by Gasteiger charge is 2.37. The molecule has 3 nitrogen and oxygen atoms in total. The first-order chi connectivity index (χ1) is 19.3. The minimum atomic E-state index is -0.0656. The fourth-order valence-electron chi connectivity index (χ4n) is 7.02. The number of nitrogens with two attached hydrogens (primary N) is 1. The van der Waals surface area contributed by atoms with Gasteiger partial charge in [-0.3, -0.25) is 4.79 Å². The first-order valence-electron chi connectivity index (χ1n) is 14.5. The molecule has 1 fully saturated rings. The maximum absolute atomic E-state index is 14.0. The minimum Gasteiger partial charge on any atom is -0.398 e. The predicted molar refractivity (Wildman–Crippen MR) is 170 cm³/mol. The molecule has 3 N–H and O–H groups in total. The summed E-state index contributed by atoms with van der Waals surface area (Å²) < 4.78 is 0. The first kappa shape index (κ1) is 26.1. The Morgan fingerprint density at radius 1 is 0.675 bits per heavy atom. The number of rotatable bonds is 4. The number of anilines is 2. The van der Waals surface area contributed by atoms with E-state index >= 15 is 0 Å². The van der Waals surface area contributed by atoms with Crippen LogP contribution in [0.5, 0.6) is 0 Å². The van der Waals surface area contributed by atoms with Crippen molar-refractivity contribution in [2.75, 3.05) is 11.1 Å². The van der Waals surface area contributed by atoms with Gasteiger partial charge in [0.25, 0.3) is 5.91 Å². The Hall–Kier alpha value is -4.11. The van der Waals surface area contributed by atoms with Gasteiger partial charge in [0.2, 0.25) is 0 Å². The van der Waals surface area contributed by atoms with Crippen molar-refractivity contribution in [1.82, 2.24) is 0 Å². The molecular weight excluding hydrogens is 488 g/mol. The van der Waals surface area contributed by atoms with Crippen LogP contribution in [-0.4, -0.2) is 5.91 Å². The molecule has 40 heavy (non-hydrogen) atoms. The molecule has 0 unspecified atom stereocenters. The lowest BCUT2D eigenvalue weighted by Gasteiger charge is -2.40. The number of amides is 1. The lowest BCUT2D eigenvalue weighted by atomic mass is 9.64. The lowest BCUT2D eigenvalue weighted by Crippen LogP contribution is -2.31. The summed E-state index contributed by atoms with van der Waals surface area (Å²) in [7, 11) is 0.